The molecule has 1 aliphatic carbocycles. The van der Waals surface area contributed by atoms with Gasteiger partial charge >= 0.3 is 0 Å². The van der Waals surface area contributed by atoms with Crippen LogP contribution in [-0.2, 0) is 25.8 Å². The van der Waals surface area contributed by atoms with Crippen molar-refractivity contribution in [2.24, 2.45) is 0 Å². The van der Waals surface area contributed by atoms with Crippen LogP contribution in [0, 0.1) is 0 Å². The summed E-state index contributed by atoms with van der Waals surface area (Å²) < 4.78 is 40.5. The number of hydrogen-bond acceptors (Lipinski definition) is 9. The predicted octanol–water partition coefficient (Wildman–Crippen LogP) is 1.97. The third-order valence-corrected chi connectivity index (χ3v) is 9.03. The first-order valence-corrected chi connectivity index (χ1v) is 14.8. The minimum absolute atomic E-state index is 0.0433. The molecule has 3 N–H and O–H groups in total. The molecule has 2 aromatic carbocycles. The fourth-order valence-electron chi connectivity index (χ4n) is 5.36. The number of nitrogens with one attached hydrogen (secondary N) is 3. The zero-order chi connectivity index (χ0) is 29.2. The number of anilines is 1. The lowest BCUT2D eigenvalue weighted by Gasteiger charge is -2.19. The van der Waals surface area contributed by atoms with E-state index in [0.717, 1.165) is 11.1 Å². The molecule has 216 valence electrons. The van der Waals surface area contributed by atoms with E-state index in [2.05, 4.69) is 16.0 Å². The summed E-state index contributed by atoms with van der Waals surface area (Å²) in [6.07, 6.45) is 1.46. The molecule has 0 bridgehead atoms. The highest BCUT2D eigenvalue weighted by Crippen LogP contribution is 2.50. The number of sulfone groups is 1. The van der Waals surface area contributed by atoms with Crippen LogP contribution >= 0.6 is 0 Å². The van der Waals surface area contributed by atoms with Crippen LogP contribution in [0.2, 0.25) is 0 Å². The monoisotopic (exact) mass is 573 g/mol. The Morgan fingerprint density at radius 3 is 2.33 bits per heavy atom. The first-order chi connectivity index (χ1) is 19.0. The number of carbonyl (C=O) groups is 2. The third-order valence-electron chi connectivity index (χ3n) is 7.26. The maximum Gasteiger partial charge on any atom is 0.242 e. The molecule has 11 nitrogen and oxygen atoms in total. The number of methoxy groups -OCH3 is 3. The number of ether oxygens (including phenoxy) is 3. The summed E-state index contributed by atoms with van der Waals surface area (Å²) in [7, 11) is 1.43. The maximum absolute atomic E-state index is 13.5. The van der Waals surface area contributed by atoms with Crippen LogP contribution in [0.25, 0.3) is 11.1 Å². The molecule has 2 aliphatic rings. The highest BCUT2D eigenvalue weighted by Gasteiger charge is 2.31. The second kappa shape index (κ2) is 11.7. The molecule has 12 heteroatoms. The summed E-state index contributed by atoms with van der Waals surface area (Å²) in [6, 6.07) is 4.98. The Hall–Kier alpha value is -3.80. The number of aryl methyl sites for hydroxylation is 1. The van der Waals surface area contributed by atoms with Gasteiger partial charge in [0.05, 0.1) is 44.6 Å². The minimum atomic E-state index is -3.15. The van der Waals surface area contributed by atoms with Gasteiger partial charge in [-0.25, -0.2) is 8.42 Å². The van der Waals surface area contributed by atoms with Gasteiger partial charge in [-0.1, -0.05) is 6.07 Å². The van der Waals surface area contributed by atoms with Crippen molar-refractivity contribution < 1.29 is 32.2 Å². The topological polar surface area (TPSA) is 149 Å². The number of hydrogen-bond donors (Lipinski definition) is 3. The fourth-order valence-corrected chi connectivity index (χ4v) is 7.03. The molecular weight excluding hydrogens is 538 g/mol. The van der Waals surface area contributed by atoms with Crippen LogP contribution in [0.1, 0.15) is 43.9 Å². The first kappa shape index (κ1) is 29.2. The lowest BCUT2D eigenvalue weighted by atomic mass is 9.95. The maximum atomic E-state index is 13.5. The van der Waals surface area contributed by atoms with Crippen molar-refractivity contribution in [1.29, 1.82) is 0 Å². The molecule has 2 aromatic rings. The summed E-state index contributed by atoms with van der Waals surface area (Å²) in [4.78, 5) is 38.4. The summed E-state index contributed by atoms with van der Waals surface area (Å²) in [6.45, 7) is 3.03. The summed E-state index contributed by atoms with van der Waals surface area (Å²) >= 11 is 0. The van der Waals surface area contributed by atoms with Crippen LogP contribution in [0.3, 0.4) is 0 Å². The molecule has 1 fully saturated rings. The molecule has 4 rings (SSSR count). The van der Waals surface area contributed by atoms with Gasteiger partial charge in [-0.05, 0) is 61.1 Å². The first-order valence-electron chi connectivity index (χ1n) is 13.0. The van der Waals surface area contributed by atoms with Crippen molar-refractivity contribution >= 4 is 27.3 Å². The standard InChI is InChI=1S/C28H35N3O8S/c1-15(28(34)31-18-10-11-40(35,36)14-18)29-22-9-7-19-20(13-23(22)33)21(30-16(2)32)8-6-17-12-24(37-3)26(38-4)27(39-5)25(17)19/h7,9,12-13,15,18,21H,6,8,10-11,14H2,1-5H3,(H,29,33)(H,30,32)(H,31,34)/t15-,18?,21-/m0/s1. The lowest BCUT2D eigenvalue weighted by Crippen LogP contribution is -2.44. The van der Waals surface area contributed by atoms with Crippen molar-refractivity contribution in [3.63, 3.8) is 0 Å². The average molecular weight is 574 g/mol. The van der Waals surface area contributed by atoms with E-state index in [4.69, 9.17) is 14.2 Å². The number of fused-ring (bicyclic) bond motifs is 3. The van der Waals surface area contributed by atoms with Gasteiger partial charge in [0.25, 0.3) is 0 Å². The molecular formula is C28H35N3O8S. The molecule has 1 unspecified atom stereocenters. The van der Waals surface area contributed by atoms with Crippen molar-refractivity contribution in [2.75, 3.05) is 38.2 Å². The van der Waals surface area contributed by atoms with E-state index in [9.17, 15) is 22.8 Å². The number of rotatable bonds is 8. The molecule has 3 atom stereocenters. The van der Waals surface area contributed by atoms with Gasteiger partial charge in [-0.15, -0.1) is 0 Å². The minimum Gasteiger partial charge on any atom is -0.493 e. The zero-order valence-electron chi connectivity index (χ0n) is 23.3. The van der Waals surface area contributed by atoms with E-state index < -0.39 is 33.9 Å². The third kappa shape index (κ3) is 6.01. The van der Waals surface area contributed by atoms with E-state index in [0.29, 0.717) is 47.6 Å². The highest BCUT2D eigenvalue weighted by molar-refractivity contribution is 7.91. The summed E-state index contributed by atoms with van der Waals surface area (Å²) in [5.41, 5.74) is 2.70. The van der Waals surface area contributed by atoms with E-state index in [1.165, 1.54) is 27.2 Å². The zero-order valence-corrected chi connectivity index (χ0v) is 24.1. The van der Waals surface area contributed by atoms with Crippen molar-refractivity contribution in [1.82, 2.24) is 10.6 Å². The van der Waals surface area contributed by atoms with Crippen molar-refractivity contribution in [3.05, 3.63) is 45.6 Å². The van der Waals surface area contributed by atoms with Gasteiger partial charge in [-0.3, -0.25) is 14.4 Å². The van der Waals surface area contributed by atoms with Crippen LogP contribution < -0.4 is 35.6 Å². The molecule has 1 saturated heterocycles. The Balaban J connectivity index is 1.78. The van der Waals surface area contributed by atoms with Gasteiger partial charge in [0.2, 0.25) is 23.0 Å². The molecule has 0 spiro atoms. The highest BCUT2D eigenvalue weighted by atomic mass is 32.2. The van der Waals surface area contributed by atoms with Gasteiger partial charge < -0.3 is 30.2 Å². The molecule has 2 amide bonds. The van der Waals surface area contributed by atoms with Crippen LogP contribution in [0.15, 0.2) is 29.1 Å². The van der Waals surface area contributed by atoms with Gasteiger partial charge in [-0.2, -0.15) is 0 Å². The largest absolute Gasteiger partial charge is 0.493 e. The normalized spacial score (nSPS) is 19.7. The Bertz CT molecular complexity index is 1490. The van der Waals surface area contributed by atoms with Crippen molar-refractivity contribution in [2.45, 2.75) is 51.2 Å². The van der Waals surface area contributed by atoms with E-state index in [1.807, 2.05) is 6.07 Å². The molecule has 40 heavy (non-hydrogen) atoms. The predicted molar refractivity (Wildman–Crippen MR) is 151 cm³/mol. The molecule has 1 aliphatic heterocycles. The molecule has 0 radical (unpaired) electrons. The quantitative estimate of drug-likeness (QED) is 0.431. The Kier molecular flexibility index (Phi) is 8.57. The van der Waals surface area contributed by atoms with E-state index in [1.54, 1.807) is 26.2 Å². The fraction of sp³-hybridized carbons (Fsp3) is 0.464. The van der Waals surface area contributed by atoms with Crippen LogP contribution in [0.4, 0.5) is 5.69 Å². The van der Waals surface area contributed by atoms with Gasteiger partial charge in [0, 0.05) is 18.5 Å². The summed E-state index contributed by atoms with van der Waals surface area (Å²) in [5, 5.41) is 8.69. The summed E-state index contributed by atoms with van der Waals surface area (Å²) in [5.74, 6) is 0.648. The Morgan fingerprint density at radius 2 is 1.73 bits per heavy atom. The lowest BCUT2D eigenvalue weighted by molar-refractivity contribution is -0.122. The molecule has 0 aromatic heterocycles. The average Bonchev–Trinajstić information content (AvgIpc) is 3.08. The number of amides is 2. The van der Waals surface area contributed by atoms with Crippen LogP contribution in [-0.4, -0.2) is 65.2 Å². The SMILES string of the molecule is COc1cc2c(c(OC)c1OC)-c1ccc(N[C@@H](C)C(=O)NC3CCS(=O)(=O)C3)c(=O)cc1[C@@H](NC(C)=O)CC2. The number of benzene rings is 1. The second-order valence-corrected chi connectivity index (χ2v) is 12.3. The van der Waals surface area contributed by atoms with Crippen LogP contribution in [0.5, 0.6) is 17.2 Å². The molecule has 0 saturated carbocycles. The van der Waals surface area contributed by atoms with E-state index in [-0.39, 0.29) is 28.5 Å². The number of carbonyl (C=O) groups excluding carboxylic acids is 2. The van der Waals surface area contributed by atoms with Crippen molar-refractivity contribution in [3.8, 4) is 28.4 Å². The Labute approximate surface area is 233 Å². The van der Waals surface area contributed by atoms with E-state index >= 15 is 0 Å². The Morgan fingerprint density at radius 1 is 1.00 bits per heavy atom. The van der Waals surface area contributed by atoms with Gasteiger partial charge in [0.1, 0.15) is 6.04 Å². The second-order valence-electron chi connectivity index (χ2n) is 10.1. The van der Waals surface area contributed by atoms with Gasteiger partial charge in [0.15, 0.2) is 21.3 Å². The smallest absolute Gasteiger partial charge is 0.242 e. The molecule has 1 heterocycles.